The maximum absolute atomic E-state index is 12.9. The van der Waals surface area contributed by atoms with Gasteiger partial charge >= 0.3 is 11.7 Å². The van der Waals surface area contributed by atoms with Crippen molar-refractivity contribution >= 4 is 23.4 Å². The molecule has 29 heavy (non-hydrogen) atoms. The van der Waals surface area contributed by atoms with E-state index in [0.29, 0.717) is 42.6 Å². The molecule has 1 fully saturated rings. The highest BCUT2D eigenvalue weighted by Crippen LogP contribution is 2.25. The van der Waals surface area contributed by atoms with Gasteiger partial charge in [0.2, 0.25) is 5.75 Å². The van der Waals surface area contributed by atoms with Crippen LogP contribution in [0.5, 0.6) is 5.75 Å². The molecule has 1 saturated heterocycles. The molecular formula is C20H25ClN4O4. The van der Waals surface area contributed by atoms with E-state index in [-0.39, 0.29) is 17.4 Å². The number of carbonyl (C=O) groups is 1. The van der Waals surface area contributed by atoms with Gasteiger partial charge in [-0.2, -0.15) is 9.78 Å². The molecule has 1 aromatic heterocycles. The molecule has 0 aliphatic carbocycles. The number of amides is 1. The number of piperazine rings is 1. The fourth-order valence-corrected chi connectivity index (χ4v) is 3.28. The Hall–Kier alpha value is -2.74. The van der Waals surface area contributed by atoms with Gasteiger partial charge in [0.15, 0.2) is 0 Å². The van der Waals surface area contributed by atoms with Crippen LogP contribution in [0.15, 0.2) is 35.3 Å². The molecular weight excluding hydrogens is 396 g/mol. The van der Waals surface area contributed by atoms with E-state index in [1.165, 1.54) is 11.8 Å². The highest BCUT2D eigenvalue weighted by Gasteiger charge is 2.28. The van der Waals surface area contributed by atoms with Gasteiger partial charge in [-0.3, -0.25) is 4.79 Å². The Morgan fingerprint density at radius 3 is 2.45 bits per heavy atom. The Bertz CT molecular complexity index is 946. The van der Waals surface area contributed by atoms with Crippen molar-refractivity contribution in [2.24, 2.45) is 0 Å². The number of carbonyl (C=O) groups excluding carboxylic acids is 1. The summed E-state index contributed by atoms with van der Waals surface area (Å²) in [5, 5.41) is 4.81. The Kier molecular flexibility index (Phi) is 6.02. The minimum atomic E-state index is -0.536. The molecule has 2 aromatic rings. The minimum absolute atomic E-state index is 0.200. The predicted octanol–water partition coefficient (Wildman–Crippen LogP) is 2.95. The summed E-state index contributed by atoms with van der Waals surface area (Å²) in [4.78, 5) is 28.8. The number of aromatic nitrogens is 2. The number of rotatable bonds is 3. The van der Waals surface area contributed by atoms with Crippen LogP contribution in [0.3, 0.4) is 0 Å². The van der Waals surface area contributed by atoms with Gasteiger partial charge in [0.25, 0.3) is 0 Å². The average molecular weight is 421 g/mol. The first kappa shape index (κ1) is 21.0. The summed E-state index contributed by atoms with van der Waals surface area (Å²) in [6.07, 6.45) is 1.27. The van der Waals surface area contributed by atoms with Gasteiger partial charge in [-0.25, -0.2) is 4.79 Å². The topological polar surface area (TPSA) is 76.9 Å². The van der Waals surface area contributed by atoms with E-state index in [1.54, 1.807) is 35.4 Å². The second-order valence-corrected chi connectivity index (χ2v) is 8.15. The number of hydrogen-bond donors (Lipinski definition) is 0. The molecule has 0 saturated carbocycles. The van der Waals surface area contributed by atoms with Crippen LogP contribution in [0.25, 0.3) is 5.69 Å². The van der Waals surface area contributed by atoms with Gasteiger partial charge in [-0.15, -0.1) is 0 Å². The number of anilines is 1. The molecule has 8 nitrogen and oxygen atoms in total. The molecule has 0 bridgehead atoms. The van der Waals surface area contributed by atoms with Crippen molar-refractivity contribution in [1.82, 2.24) is 14.7 Å². The fourth-order valence-electron chi connectivity index (χ4n) is 3.09. The normalized spacial score (nSPS) is 14.7. The zero-order chi connectivity index (χ0) is 21.2. The lowest BCUT2D eigenvalue weighted by Crippen LogP contribution is -2.50. The average Bonchev–Trinajstić information content (AvgIpc) is 2.66. The van der Waals surface area contributed by atoms with Gasteiger partial charge in [0.1, 0.15) is 11.3 Å². The van der Waals surface area contributed by atoms with E-state index in [0.717, 1.165) is 0 Å². The molecule has 0 radical (unpaired) electrons. The third-order valence-electron chi connectivity index (χ3n) is 4.44. The molecule has 0 N–H and O–H groups in total. The molecule has 9 heteroatoms. The van der Waals surface area contributed by atoms with Gasteiger partial charge in [-0.1, -0.05) is 17.7 Å². The van der Waals surface area contributed by atoms with Crippen LogP contribution < -0.4 is 15.2 Å². The molecule has 2 heterocycles. The van der Waals surface area contributed by atoms with Crippen molar-refractivity contribution in [3.63, 3.8) is 0 Å². The number of nitrogens with zero attached hydrogens (tertiary/aromatic N) is 4. The number of methoxy groups -OCH3 is 1. The minimum Gasteiger partial charge on any atom is -0.490 e. The van der Waals surface area contributed by atoms with Gasteiger partial charge in [0.05, 0.1) is 19.0 Å². The Balaban J connectivity index is 1.79. The number of benzene rings is 1. The van der Waals surface area contributed by atoms with E-state index in [2.05, 4.69) is 5.10 Å². The van der Waals surface area contributed by atoms with E-state index in [1.807, 2.05) is 25.7 Å². The first-order chi connectivity index (χ1) is 13.7. The lowest BCUT2D eigenvalue weighted by molar-refractivity contribution is 0.0240. The molecule has 1 aliphatic rings. The zero-order valence-electron chi connectivity index (χ0n) is 17.0. The lowest BCUT2D eigenvalue weighted by Gasteiger charge is -2.36. The Labute approximate surface area is 174 Å². The molecule has 1 aromatic carbocycles. The molecule has 0 unspecified atom stereocenters. The van der Waals surface area contributed by atoms with E-state index in [9.17, 15) is 9.59 Å². The standard InChI is InChI=1S/C20H25ClN4O4/c1-20(2,3)29-19(27)24-10-8-23(9-11-24)16-13-22-25(18(26)17(16)28-4)15-7-5-6-14(21)12-15/h5-7,12-13H,8-11H2,1-4H3. The molecule has 0 atom stereocenters. The lowest BCUT2D eigenvalue weighted by atomic mass is 10.2. The van der Waals surface area contributed by atoms with Gasteiger partial charge in [0, 0.05) is 31.2 Å². The summed E-state index contributed by atoms with van der Waals surface area (Å²) < 4.78 is 12.1. The molecule has 1 amide bonds. The summed E-state index contributed by atoms with van der Waals surface area (Å²) in [6.45, 7) is 7.56. The smallest absolute Gasteiger partial charge is 0.410 e. The second kappa shape index (κ2) is 8.32. The van der Waals surface area contributed by atoms with Crippen LogP contribution in [0.2, 0.25) is 5.02 Å². The largest absolute Gasteiger partial charge is 0.490 e. The molecule has 0 spiro atoms. The van der Waals surface area contributed by atoms with Crippen molar-refractivity contribution in [3.05, 3.63) is 45.8 Å². The van der Waals surface area contributed by atoms with E-state index >= 15 is 0 Å². The van der Waals surface area contributed by atoms with Gasteiger partial charge < -0.3 is 19.3 Å². The van der Waals surface area contributed by atoms with Crippen molar-refractivity contribution in [3.8, 4) is 11.4 Å². The molecule has 1 aliphatic heterocycles. The molecule has 3 rings (SSSR count). The van der Waals surface area contributed by atoms with Crippen molar-refractivity contribution in [2.45, 2.75) is 26.4 Å². The van der Waals surface area contributed by atoms with Crippen molar-refractivity contribution in [1.29, 1.82) is 0 Å². The van der Waals surface area contributed by atoms with Crippen LogP contribution in [0.1, 0.15) is 20.8 Å². The monoisotopic (exact) mass is 420 g/mol. The van der Waals surface area contributed by atoms with Crippen LogP contribution in [-0.2, 0) is 4.74 Å². The first-order valence-corrected chi connectivity index (χ1v) is 9.72. The first-order valence-electron chi connectivity index (χ1n) is 9.35. The third-order valence-corrected chi connectivity index (χ3v) is 4.68. The highest BCUT2D eigenvalue weighted by atomic mass is 35.5. The number of halogens is 1. The van der Waals surface area contributed by atoms with Crippen LogP contribution in [0.4, 0.5) is 10.5 Å². The highest BCUT2D eigenvalue weighted by molar-refractivity contribution is 6.30. The van der Waals surface area contributed by atoms with E-state index < -0.39 is 5.60 Å². The quantitative estimate of drug-likeness (QED) is 0.759. The Morgan fingerprint density at radius 2 is 1.86 bits per heavy atom. The zero-order valence-corrected chi connectivity index (χ0v) is 17.8. The van der Waals surface area contributed by atoms with Crippen LogP contribution in [-0.4, -0.2) is 59.7 Å². The summed E-state index contributed by atoms with van der Waals surface area (Å²) in [7, 11) is 1.46. The summed E-state index contributed by atoms with van der Waals surface area (Å²) in [5.74, 6) is 0.200. The second-order valence-electron chi connectivity index (χ2n) is 7.71. The number of hydrogen-bond acceptors (Lipinski definition) is 6. The third kappa shape index (κ3) is 4.82. The fraction of sp³-hybridized carbons (Fsp3) is 0.450. The Morgan fingerprint density at radius 1 is 1.17 bits per heavy atom. The molecule has 156 valence electrons. The maximum atomic E-state index is 12.9. The summed E-state index contributed by atoms with van der Waals surface area (Å²) >= 11 is 6.03. The summed E-state index contributed by atoms with van der Waals surface area (Å²) in [5.41, 5.74) is 0.246. The predicted molar refractivity (Wildman–Crippen MR) is 111 cm³/mol. The van der Waals surface area contributed by atoms with Crippen molar-refractivity contribution in [2.75, 3.05) is 38.2 Å². The van der Waals surface area contributed by atoms with Gasteiger partial charge in [-0.05, 0) is 39.0 Å². The maximum Gasteiger partial charge on any atom is 0.410 e. The van der Waals surface area contributed by atoms with Crippen LogP contribution in [0, 0.1) is 0 Å². The van der Waals surface area contributed by atoms with Crippen LogP contribution >= 0.6 is 11.6 Å². The van der Waals surface area contributed by atoms with E-state index in [4.69, 9.17) is 21.1 Å². The SMILES string of the molecule is COc1c(N2CCN(C(=O)OC(C)(C)C)CC2)cnn(-c2cccc(Cl)c2)c1=O. The van der Waals surface area contributed by atoms with Crippen molar-refractivity contribution < 1.29 is 14.3 Å². The summed E-state index contributed by atoms with van der Waals surface area (Å²) in [6, 6.07) is 6.89. The number of ether oxygens (including phenoxy) is 2.